The number of pyridine rings is 1. The van der Waals surface area contributed by atoms with Crippen LogP contribution in [0, 0.1) is 0 Å². The molecule has 110 valence electrons. The molecule has 0 aliphatic rings. The number of methoxy groups -OCH3 is 1. The van der Waals surface area contributed by atoms with Crippen LogP contribution < -0.4 is 5.32 Å². The number of rotatable bonds is 7. The second kappa shape index (κ2) is 8.27. The molecule has 0 aliphatic heterocycles. The van der Waals surface area contributed by atoms with Gasteiger partial charge in [0.2, 0.25) is 5.91 Å². The first-order valence-electron chi connectivity index (χ1n) is 6.53. The fourth-order valence-electron chi connectivity index (χ4n) is 1.88. The summed E-state index contributed by atoms with van der Waals surface area (Å²) in [4.78, 5) is 28.9. The second-order valence-electron chi connectivity index (χ2n) is 4.46. The van der Waals surface area contributed by atoms with E-state index >= 15 is 0 Å². The third kappa shape index (κ3) is 5.36. The molecular weight excluding hydrogens is 258 g/mol. The van der Waals surface area contributed by atoms with E-state index in [4.69, 9.17) is 4.74 Å². The molecule has 0 bridgehead atoms. The predicted octanol–water partition coefficient (Wildman–Crippen LogP) is 0.581. The van der Waals surface area contributed by atoms with E-state index < -0.39 is 12.0 Å². The fourth-order valence-corrected chi connectivity index (χ4v) is 1.88. The number of esters is 1. The Balaban J connectivity index is 2.68. The van der Waals surface area contributed by atoms with Crippen LogP contribution in [0.3, 0.4) is 0 Å². The Morgan fingerprint density at radius 3 is 2.55 bits per heavy atom. The number of likely N-dealkylation sites (N-methyl/N-ethyl adjacent to an activating group) is 1. The number of hydrogen-bond acceptors (Lipinski definition) is 5. The highest BCUT2D eigenvalue weighted by atomic mass is 16.5. The van der Waals surface area contributed by atoms with E-state index in [9.17, 15) is 9.59 Å². The fraction of sp³-hybridized carbons (Fsp3) is 0.500. The minimum Gasteiger partial charge on any atom is -0.467 e. The van der Waals surface area contributed by atoms with Crippen molar-refractivity contribution in [1.29, 1.82) is 0 Å². The second-order valence-corrected chi connectivity index (χ2v) is 4.46. The molecule has 20 heavy (non-hydrogen) atoms. The summed E-state index contributed by atoms with van der Waals surface area (Å²) in [6, 6.07) is 3.20. The van der Waals surface area contributed by atoms with Crippen molar-refractivity contribution in [2.75, 3.05) is 20.2 Å². The lowest BCUT2D eigenvalue weighted by atomic mass is 10.2. The molecule has 0 radical (unpaired) electrons. The molecule has 6 nitrogen and oxygen atoms in total. The van der Waals surface area contributed by atoms with Gasteiger partial charge in [0.25, 0.3) is 0 Å². The van der Waals surface area contributed by atoms with Crippen molar-refractivity contribution in [2.24, 2.45) is 0 Å². The summed E-state index contributed by atoms with van der Waals surface area (Å²) in [7, 11) is 1.32. The van der Waals surface area contributed by atoms with Crippen LogP contribution >= 0.6 is 0 Å². The van der Waals surface area contributed by atoms with Gasteiger partial charge in [-0.2, -0.15) is 0 Å². The van der Waals surface area contributed by atoms with E-state index in [0.29, 0.717) is 13.1 Å². The molecule has 0 aliphatic carbocycles. The van der Waals surface area contributed by atoms with Gasteiger partial charge >= 0.3 is 5.97 Å². The van der Waals surface area contributed by atoms with Crippen molar-refractivity contribution in [3.8, 4) is 0 Å². The summed E-state index contributed by atoms with van der Waals surface area (Å²) >= 11 is 0. The van der Waals surface area contributed by atoms with E-state index in [0.717, 1.165) is 12.1 Å². The SMILES string of the molecule is CCN(Cc1ccncc1)CC(NC(C)=O)C(=O)OC. The van der Waals surface area contributed by atoms with E-state index in [1.54, 1.807) is 12.4 Å². The Morgan fingerprint density at radius 1 is 1.40 bits per heavy atom. The quantitative estimate of drug-likeness (QED) is 0.739. The number of amides is 1. The van der Waals surface area contributed by atoms with Crippen molar-refractivity contribution < 1.29 is 14.3 Å². The van der Waals surface area contributed by atoms with E-state index in [1.807, 2.05) is 19.1 Å². The summed E-state index contributed by atoms with van der Waals surface area (Å²) in [5.41, 5.74) is 1.10. The molecule has 1 aromatic rings. The highest BCUT2D eigenvalue weighted by Gasteiger charge is 2.22. The van der Waals surface area contributed by atoms with Crippen molar-refractivity contribution in [3.05, 3.63) is 30.1 Å². The van der Waals surface area contributed by atoms with Crippen LogP contribution in [-0.4, -0.2) is 48.0 Å². The summed E-state index contributed by atoms with van der Waals surface area (Å²) in [5.74, 6) is -0.686. The van der Waals surface area contributed by atoms with Gasteiger partial charge < -0.3 is 10.1 Å². The monoisotopic (exact) mass is 279 g/mol. The Morgan fingerprint density at radius 2 is 2.05 bits per heavy atom. The van der Waals surface area contributed by atoms with Gasteiger partial charge in [-0.05, 0) is 24.2 Å². The number of hydrogen-bond donors (Lipinski definition) is 1. The van der Waals surface area contributed by atoms with Crippen molar-refractivity contribution in [2.45, 2.75) is 26.4 Å². The normalized spacial score (nSPS) is 12.0. The zero-order chi connectivity index (χ0) is 15.0. The third-order valence-corrected chi connectivity index (χ3v) is 2.91. The van der Waals surface area contributed by atoms with Crippen molar-refractivity contribution >= 4 is 11.9 Å². The first-order chi connectivity index (χ1) is 9.56. The summed E-state index contributed by atoms with van der Waals surface area (Å²) in [6.45, 7) is 5.24. The van der Waals surface area contributed by atoms with Gasteiger partial charge in [0.1, 0.15) is 6.04 Å². The Labute approximate surface area is 119 Å². The van der Waals surface area contributed by atoms with E-state index in [1.165, 1.54) is 14.0 Å². The average molecular weight is 279 g/mol. The molecule has 1 rings (SSSR count). The Kier molecular flexibility index (Phi) is 6.66. The molecule has 0 spiro atoms. The highest BCUT2D eigenvalue weighted by molar-refractivity contribution is 5.83. The standard InChI is InChI=1S/C14H21N3O3/c1-4-17(9-12-5-7-15-8-6-12)10-13(14(19)20-3)16-11(2)18/h5-8,13H,4,9-10H2,1-3H3,(H,16,18). The van der Waals surface area contributed by atoms with Crippen LogP contribution in [0.4, 0.5) is 0 Å². The molecular formula is C14H21N3O3. The molecule has 1 N–H and O–H groups in total. The molecule has 0 fully saturated rings. The molecule has 0 aromatic carbocycles. The number of carbonyl (C=O) groups is 2. The maximum Gasteiger partial charge on any atom is 0.329 e. The van der Waals surface area contributed by atoms with Gasteiger partial charge in [-0.25, -0.2) is 4.79 Å². The highest BCUT2D eigenvalue weighted by Crippen LogP contribution is 2.04. The lowest BCUT2D eigenvalue weighted by molar-refractivity contribution is -0.145. The van der Waals surface area contributed by atoms with E-state index in [2.05, 4.69) is 15.2 Å². The molecule has 1 aromatic heterocycles. The van der Waals surface area contributed by atoms with Gasteiger partial charge in [-0.3, -0.25) is 14.7 Å². The first kappa shape index (κ1) is 16.1. The molecule has 6 heteroatoms. The van der Waals surface area contributed by atoms with Crippen LogP contribution in [0.2, 0.25) is 0 Å². The molecule has 0 saturated heterocycles. The van der Waals surface area contributed by atoms with Gasteiger partial charge in [0.05, 0.1) is 7.11 Å². The van der Waals surface area contributed by atoms with Crippen LogP contribution in [0.25, 0.3) is 0 Å². The van der Waals surface area contributed by atoms with Crippen LogP contribution in [0.15, 0.2) is 24.5 Å². The van der Waals surface area contributed by atoms with Crippen LogP contribution in [0.1, 0.15) is 19.4 Å². The summed E-state index contributed by atoms with van der Waals surface area (Å²) in [6.07, 6.45) is 3.46. The zero-order valence-electron chi connectivity index (χ0n) is 12.1. The molecule has 0 saturated carbocycles. The van der Waals surface area contributed by atoms with Gasteiger partial charge in [-0.15, -0.1) is 0 Å². The topological polar surface area (TPSA) is 71.5 Å². The smallest absolute Gasteiger partial charge is 0.329 e. The lowest BCUT2D eigenvalue weighted by Crippen LogP contribution is -2.48. The maximum atomic E-state index is 11.7. The first-order valence-corrected chi connectivity index (χ1v) is 6.53. The molecule has 1 atom stereocenters. The lowest BCUT2D eigenvalue weighted by Gasteiger charge is -2.25. The summed E-state index contributed by atoms with van der Waals surface area (Å²) < 4.78 is 4.72. The third-order valence-electron chi connectivity index (χ3n) is 2.91. The predicted molar refractivity (Wildman–Crippen MR) is 74.8 cm³/mol. The Bertz CT molecular complexity index is 437. The summed E-state index contributed by atoms with van der Waals surface area (Å²) in [5, 5.41) is 2.61. The maximum absolute atomic E-state index is 11.7. The molecule has 1 heterocycles. The minimum atomic E-state index is -0.653. The van der Waals surface area contributed by atoms with Gasteiger partial charge in [0.15, 0.2) is 0 Å². The molecule has 1 amide bonds. The van der Waals surface area contributed by atoms with Gasteiger partial charge in [0, 0.05) is 32.4 Å². The number of ether oxygens (including phenoxy) is 1. The minimum absolute atomic E-state index is 0.250. The number of nitrogens with zero attached hydrogens (tertiary/aromatic N) is 2. The van der Waals surface area contributed by atoms with Gasteiger partial charge in [-0.1, -0.05) is 6.92 Å². The van der Waals surface area contributed by atoms with Crippen LogP contribution in [-0.2, 0) is 20.9 Å². The largest absolute Gasteiger partial charge is 0.467 e. The average Bonchev–Trinajstić information content (AvgIpc) is 2.45. The van der Waals surface area contributed by atoms with E-state index in [-0.39, 0.29) is 5.91 Å². The van der Waals surface area contributed by atoms with Crippen molar-refractivity contribution in [1.82, 2.24) is 15.2 Å². The molecule has 1 unspecified atom stereocenters. The number of nitrogens with one attached hydrogen (secondary N) is 1. The zero-order valence-corrected chi connectivity index (χ0v) is 12.1. The van der Waals surface area contributed by atoms with Crippen molar-refractivity contribution in [3.63, 3.8) is 0 Å². The Hall–Kier alpha value is -1.95. The number of aromatic nitrogens is 1. The van der Waals surface area contributed by atoms with Crippen LogP contribution in [0.5, 0.6) is 0 Å². The number of carbonyl (C=O) groups excluding carboxylic acids is 2.